The van der Waals surface area contributed by atoms with Gasteiger partial charge in [0.1, 0.15) is 0 Å². The first-order valence-corrected chi connectivity index (χ1v) is 9.93. The number of esters is 1. The lowest BCUT2D eigenvalue weighted by molar-refractivity contribution is -0.124. The van der Waals surface area contributed by atoms with Crippen molar-refractivity contribution >= 4 is 52.7 Å². The highest BCUT2D eigenvalue weighted by Gasteiger charge is 2.17. The van der Waals surface area contributed by atoms with E-state index in [1.165, 1.54) is 0 Å². The summed E-state index contributed by atoms with van der Waals surface area (Å²) >= 11 is 13.1. The highest BCUT2D eigenvalue weighted by molar-refractivity contribution is 8.00. The number of nitrogens with two attached hydrogens (primary N) is 1. The highest BCUT2D eigenvalue weighted by Crippen LogP contribution is 2.26. The monoisotopic (exact) mass is 440 g/mol. The molecule has 1 atom stereocenters. The Morgan fingerprint density at radius 3 is 2.57 bits per heavy atom. The van der Waals surface area contributed by atoms with Crippen LogP contribution in [0.15, 0.2) is 47.4 Å². The van der Waals surface area contributed by atoms with Crippen molar-refractivity contribution in [2.75, 3.05) is 12.4 Å². The molecule has 0 saturated heterocycles. The van der Waals surface area contributed by atoms with E-state index in [1.54, 1.807) is 49.4 Å². The maximum absolute atomic E-state index is 12.3. The fourth-order valence-corrected chi connectivity index (χ4v) is 3.68. The summed E-state index contributed by atoms with van der Waals surface area (Å²) in [4.78, 5) is 35.9. The average molecular weight is 441 g/mol. The van der Waals surface area contributed by atoms with Gasteiger partial charge in [0.25, 0.3) is 5.91 Å². The van der Waals surface area contributed by atoms with E-state index in [9.17, 15) is 14.4 Å². The molecule has 6 nitrogen and oxygen atoms in total. The second kappa shape index (κ2) is 10.4. The number of ether oxygens (including phenoxy) is 1. The lowest BCUT2D eigenvalue weighted by Gasteiger charge is -2.16. The topological polar surface area (TPSA) is 98.5 Å². The number of hydrogen-bond acceptors (Lipinski definition) is 5. The summed E-state index contributed by atoms with van der Waals surface area (Å²) in [6, 6.07) is 11.2. The summed E-state index contributed by atoms with van der Waals surface area (Å²) < 4.78 is 5.09. The van der Waals surface area contributed by atoms with Gasteiger partial charge in [-0.05, 0) is 36.8 Å². The number of primary amides is 1. The molecule has 2 aromatic rings. The molecule has 0 aliphatic carbocycles. The van der Waals surface area contributed by atoms with E-state index in [0.717, 1.165) is 11.8 Å². The van der Waals surface area contributed by atoms with Crippen LogP contribution < -0.4 is 11.1 Å². The molecular weight excluding hydrogens is 423 g/mol. The lowest BCUT2D eigenvalue weighted by Crippen LogP contribution is -2.31. The zero-order valence-electron chi connectivity index (χ0n) is 14.9. The Morgan fingerprint density at radius 2 is 1.89 bits per heavy atom. The number of nitrogens with one attached hydrogen (secondary N) is 1. The SMILES string of the molecule is CC(NC(=O)COC(=O)c1ccccc1SCC(N)=O)c1ccc(Cl)cc1Cl. The first-order chi connectivity index (χ1) is 13.3. The molecule has 2 amide bonds. The molecule has 0 aliphatic rings. The number of thioether (sulfide) groups is 1. The molecule has 148 valence electrons. The van der Waals surface area contributed by atoms with Crippen molar-refractivity contribution in [3.63, 3.8) is 0 Å². The smallest absolute Gasteiger partial charge is 0.339 e. The number of benzene rings is 2. The average Bonchev–Trinajstić information content (AvgIpc) is 2.64. The van der Waals surface area contributed by atoms with Crippen molar-refractivity contribution in [1.82, 2.24) is 5.32 Å². The minimum atomic E-state index is -0.667. The summed E-state index contributed by atoms with van der Waals surface area (Å²) in [6.45, 7) is 1.30. The number of rotatable bonds is 8. The quantitative estimate of drug-likeness (QED) is 0.482. The van der Waals surface area contributed by atoms with Crippen LogP contribution in [0, 0.1) is 0 Å². The van der Waals surface area contributed by atoms with Gasteiger partial charge in [0.05, 0.1) is 17.4 Å². The molecule has 0 bridgehead atoms. The number of carbonyl (C=O) groups excluding carboxylic acids is 3. The van der Waals surface area contributed by atoms with E-state index in [0.29, 0.717) is 20.5 Å². The second-order valence-electron chi connectivity index (χ2n) is 5.78. The molecule has 2 rings (SSSR count). The molecule has 0 fully saturated rings. The van der Waals surface area contributed by atoms with Crippen molar-refractivity contribution in [3.8, 4) is 0 Å². The largest absolute Gasteiger partial charge is 0.452 e. The van der Waals surface area contributed by atoms with Gasteiger partial charge in [-0.1, -0.05) is 41.4 Å². The molecule has 2 aromatic carbocycles. The fraction of sp³-hybridized carbons (Fsp3) is 0.211. The Hall–Kier alpha value is -2.22. The van der Waals surface area contributed by atoms with Gasteiger partial charge in [0.15, 0.2) is 6.61 Å². The Morgan fingerprint density at radius 1 is 1.18 bits per heavy atom. The molecule has 0 spiro atoms. The summed E-state index contributed by atoms with van der Waals surface area (Å²) in [7, 11) is 0. The van der Waals surface area contributed by atoms with Gasteiger partial charge in [-0.15, -0.1) is 11.8 Å². The normalized spacial score (nSPS) is 11.5. The van der Waals surface area contributed by atoms with Gasteiger partial charge >= 0.3 is 5.97 Å². The number of amides is 2. The van der Waals surface area contributed by atoms with Crippen LogP contribution in [0.2, 0.25) is 10.0 Å². The third-order valence-electron chi connectivity index (χ3n) is 3.62. The number of carbonyl (C=O) groups is 3. The molecule has 28 heavy (non-hydrogen) atoms. The molecule has 0 saturated carbocycles. The molecule has 1 unspecified atom stereocenters. The van der Waals surface area contributed by atoms with Crippen LogP contribution in [0.3, 0.4) is 0 Å². The summed E-state index contributed by atoms with van der Waals surface area (Å²) in [5.74, 6) is -1.61. The van der Waals surface area contributed by atoms with Gasteiger partial charge in [0, 0.05) is 14.9 Å². The lowest BCUT2D eigenvalue weighted by atomic mass is 10.1. The van der Waals surface area contributed by atoms with Gasteiger partial charge in [-0.2, -0.15) is 0 Å². The van der Waals surface area contributed by atoms with E-state index >= 15 is 0 Å². The Bertz CT molecular complexity index is 892. The third-order valence-corrected chi connectivity index (χ3v) is 5.28. The summed E-state index contributed by atoms with van der Waals surface area (Å²) in [6.07, 6.45) is 0. The second-order valence-corrected chi connectivity index (χ2v) is 7.64. The van der Waals surface area contributed by atoms with Gasteiger partial charge in [0.2, 0.25) is 5.91 Å². The molecule has 3 N–H and O–H groups in total. The number of hydrogen-bond donors (Lipinski definition) is 2. The molecule has 9 heteroatoms. The van der Waals surface area contributed by atoms with Crippen LogP contribution in [0.4, 0.5) is 0 Å². The standard InChI is InChI=1S/C19H18Cl2N2O4S/c1-11(13-7-6-12(20)8-15(13)21)23-18(25)9-27-19(26)14-4-2-3-5-16(14)28-10-17(22)24/h2-8,11H,9-10H2,1H3,(H2,22,24)(H,23,25). The van der Waals surface area contributed by atoms with Crippen LogP contribution >= 0.6 is 35.0 Å². The van der Waals surface area contributed by atoms with E-state index in [4.69, 9.17) is 33.7 Å². The van der Waals surface area contributed by atoms with Gasteiger partial charge < -0.3 is 15.8 Å². The van der Waals surface area contributed by atoms with Crippen LogP contribution in [0.5, 0.6) is 0 Å². The van der Waals surface area contributed by atoms with Gasteiger partial charge in [-0.3, -0.25) is 9.59 Å². The highest BCUT2D eigenvalue weighted by atomic mass is 35.5. The first-order valence-electron chi connectivity index (χ1n) is 8.19. The van der Waals surface area contributed by atoms with E-state index in [-0.39, 0.29) is 11.3 Å². The predicted molar refractivity (Wildman–Crippen MR) is 110 cm³/mol. The van der Waals surface area contributed by atoms with E-state index in [1.807, 2.05) is 0 Å². The van der Waals surface area contributed by atoms with Crippen LogP contribution in [0.1, 0.15) is 28.9 Å². The maximum atomic E-state index is 12.3. The summed E-state index contributed by atoms with van der Waals surface area (Å²) in [5.41, 5.74) is 6.09. The van der Waals surface area contributed by atoms with E-state index in [2.05, 4.69) is 5.32 Å². The van der Waals surface area contributed by atoms with Gasteiger partial charge in [-0.25, -0.2) is 4.79 Å². The zero-order chi connectivity index (χ0) is 20.7. The van der Waals surface area contributed by atoms with Crippen LogP contribution in [-0.4, -0.2) is 30.1 Å². The Labute approximate surface area is 176 Å². The van der Waals surface area contributed by atoms with Crippen molar-refractivity contribution in [3.05, 3.63) is 63.6 Å². The molecular formula is C19H18Cl2N2O4S. The molecule has 0 heterocycles. The van der Waals surface area contributed by atoms with Crippen LogP contribution in [0.25, 0.3) is 0 Å². The minimum absolute atomic E-state index is 0.0319. The van der Waals surface area contributed by atoms with Crippen LogP contribution in [-0.2, 0) is 14.3 Å². The fourth-order valence-electron chi connectivity index (χ4n) is 2.33. The molecule has 0 aromatic heterocycles. The first kappa shape index (κ1) is 22.1. The van der Waals surface area contributed by atoms with Crippen molar-refractivity contribution < 1.29 is 19.1 Å². The Balaban J connectivity index is 1.94. The maximum Gasteiger partial charge on any atom is 0.339 e. The predicted octanol–water partition coefficient (Wildman–Crippen LogP) is 3.61. The third kappa shape index (κ3) is 6.44. The Kier molecular flexibility index (Phi) is 8.17. The van der Waals surface area contributed by atoms with Crippen molar-refractivity contribution in [1.29, 1.82) is 0 Å². The van der Waals surface area contributed by atoms with E-state index < -0.39 is 30.4 Å². The van der Waals surface area contributed by atoms with Crippen molar-refractivity contribution in [2.24, 2.45) is 5.73 Å². The molecule has 0 aliphatic heterocycles. The summed E-state index contributed by atoms with van der Waals surface area (Å²) in [5, 5.41) is 3.63. The van der Waals surface area contributed by atoms with Crippen molar-refractivity contribution in [2.45, 2.75) is 17.9 Å². The zero-order valence-corrected chi connectivity index (χ0v) is 17.2. The molecule has 0 radical (unpaired) electrons. The minimum Gasteiger partial charge on any atom is -0.452 e. The number of halogens is 2.